The molecule has 6 N–H and O–H groups in total. The number of nitrogens with two attached hydrogens (primary N) is 1. The molecule has 0 atom stereocenters. The molecule has 7 nitrogen and oxygen atoms in total. The van der Waals surface area contributed by atoms with Crippen LogP contribution in [0.5, 0.6) is 0 Å². The molecule has 0 aromatic heterocycles. The summed E-state index contributed by atoms with van der Waals surface area (Å²) in [5.74, 6) is -0.0394. The molecule has 0 spiro atoms. The number of nitrogens with one attached hydrogen (secondary N) is 3. The van der Waals surface area contributed by atoms with Gasteiger partial charge in [-0.3, -0.25) is 4.79 Å². The molecular weight excluding hydrogens is 296 g/mol. The van der Waals surface area contributed by atoms with Crippen LogP contribution in [0.15, 0.2) is 35.8 Å². The molecule has 0 bridgehead atoms. The van der Waals surface area contributed by atoms with E-state index < -0.39 is 0 Å². The molecule has 0 aliphatic carbocycles. The van der Waals surface area contributed by atoms with Gasteiger partial charge in [0.15, 0.2) is 0 Å². The number of benzene rings is 1. The zero-order valence-corrected chi connectivity index (χ0v) is 13.7. The van der Waals surface area contributed by atoms with Crippen LogP contribution in [-0.4, -0.2) is 44.4 Å². The fourth-order valence-corrected chi connectivity index (χ4v) is 1.81. The van der Waals surface area contributed by atoms with E-state index in [2.05, 4.69) is 16.0 Å². The van der Waals surface area contributed by atoms with E-state index in [9.17, 15) is 4.79 Å². The fourth-order valence-electron chi connectivity index (χ4n) is 1.81. The van der Waals surface area contributed by atoms with Crippen LogP contribution in [0.3, 0.4) is 0 Å². The lowest BCUT2D eigenvalue weighted by Crippen LogP contribution is -2.38. The zero-order valence-electron chi connectivity index (χ0n) is 13.7. The standard InChI is InChI=1S/C16H26N4O3/c1-12-3-5-13(6-4-12)11-20-14(15(17)18-2)16(22)19-7-9-23-10-8-21/h3-6,18,20-21H,7-11,17H2,1-2H3,(H,19,22)/b15-14+. The number of ether oxygens (including phenoxy) is 1. The average molecular weight is 322 g/mol. The summed E-state index contributed by atoms with van der Waals surface area (Å²) >= 11 is 0. The summed E-state index contributed by atoms with van der Waals surface area (Å²) in [6, 6.07) is 8.02. The second-order valence-electron chi connectivity index (χ2n) is 4.97. The Hall–Kier alpha value is -2.25. The number of hydrogen-bond acceptors (Lipinski definition) is 6. The smallest absolute Gasteiger partial charge is 0.271 e. The first-order valence-electron chi connectivity index (χ1n) is 7.52. The van der Waals surface area contributed by atoms with Gasteiger partial charge < -0.3 is 31.5 Å². The van der Waals surface area contributed by atoms with E-state index in [-0.39, 0.29) is 30.6 Å². The van der Waals surface area contributed by atoms with Gasteiger partial charge in [0.2, 0.25) is 0 Å². The highest BCUT2D eigenvalue weighted by atomic mass is 16.5. The third kappa shape index (κ3) is 7.03. The van der Waals surface area contributed by atoms with Gasteiger partial charge in [-0.15, -0.1) is 0 Å². The minimum atomic E-state index is -0.309. The molecule has 0 unspecified atom stereocenters. The summed E-state index contributed by atoms with van der Waals surface area (Å²) in [5, 5.41) is 17.2. The topological polar surface area (TPSA) is 109 Å². The molecule has 1 aromatic rings. The number of aryl methyl sites for hydroxylation is 1. The third-order valence-electron chi connectivity index (χ3n) is 3.12. The van der Waals surface area contributed by atoms with Crippen LogP contribution in [0.1, 0.15) is 11.1 Å². The largest absolute Gasteiger partial charge is 0.394 e. The van der Waals surface area contributed by atoms with Gasteiger partial charge in [0.1, 0.15) is 11.5 Å². The molecule has 0 saturated heterocycles. The molecule has 0 aliphatic heterocycles. The van der Waals surface area contributed by atoms with Crippen LogP contribution >= 0.6 is 0 Å². The zero-order chi connectivity index (χ0) is 17.1. The normalized spacial score (nSPS) is 11.6. The molecule has 7 heteroatoms. The van der Waals surface area contributed by atoms with Crippen molar-refractivity contribution in [1.29, 1.82) is 0 Å². The number of aliphatic hydroxyl groups is 1. The van der Waals surface area contributed by atoms with Crippen LogP contribution in [0.2, 0.25) is 0 Å². The molecule has 0 aliphatic rings. The van der Waals surface area contributed by atoms with Gasteiger partial charge in [0.25, 0.3) is 5.91 Å². The summed E-state index contributed by atoms with van der Waals surface area (Å²) in [6.45, 7) is 3.40. The number of aliphatic hydroxyl groups excluding tert-OH is 1. The first-order valence-corrected chi connectivity index (χ1v) is 7.52. The Labute approximate surface area is 136 Å². The predicted octanol–water partition coefficient (Wildman–Crippen LogP) is -0.443. The summed E-state index contributed by atoms with van der Waals surface area (Å²) in [7, 11) is 1.65. The van der Waals surface area contributed by atoms with E-state index in [1.54, 1.807) is 7.05 Å². The van der Waals surface area contributed by atoms with E-state index in [1.807, 2.05) is 31.2 Å². The Balaban J connectivity index is 2.55. The van der Waals surface area contributed by atoms with Crippen molar-refractivity contribution in [1.82, 2.24) is 16.0 Å². The number of carbonyl (C=O) groups excluding carboxylic acids is 1. The highest BCUT2D eigenvalue weighted by Gasteiger charge is 2.12. The van der Waals surface area contributed by atoms with Gasteiger partial charge in [-0.05, 0) is 12.5 Å². The van der Waals surface area contributed by atoms with Gasteiger partial charge in [-0.2, -0.15) is 0 Å². The maximum absolute atomic E-state index is 12.2. The molecule has 1 amide bonds. The monoisotopic (exact) mass is 322 g/mol. The second-order valence-corrected chi connectivity index (χ2v) is 4.97. The lowest BCUT2D eigenvalue weighted by atomic mass is 10.1. The van der Waals surface area contributed by atoms with Crippen LogP contribution in [0.25, 0.3) is 0 Å². The number of rotatable bonds is 10. The fraction of sp³-hybridized carbons (Fsp3) is 0.438. The second kappa shape index (κ2) is 10.5. The summed E-state index contributed by atoms with van der Waals surface area (Å²) in [4.78, 5) is 12.2. The Morgan fingerprint density at radius 1 is 1.22 bits per heavy atom. The Morgan fingerprint density at radius 3 is 2.52 bits per heavy atom. The lowest BCUT2D eigenvalue weighted by molar-refractivity contribution is -0.118. The number of amides is 1. The van der Waals surface area contributed by atoms with Crippen LogP contribution in [0.4, 0.5) is 0 Å². The first-order chi connectivity index (χ1) is 11.1. The highest BCUT2D eigenvalue weighted by molar-refractivity contribution is 5.93. The molecule has 1 aromatic carbocycles. The van der Waals surface area contributed by atoms with E-state index in [1.165, 1.54) is 5.56 Å². The predicted molar refractivity (Wildman–Crippen MR) is 89.2 cm³/mol. The quantitative estimate of drug-likeness (QED) is 0.295. The Kier molecular flexibility index (Phi) is 8.56. The third-order valence-corrected chi connectivity index (χ3v) is 3.12. The van der Waals surface area contributed by atoms with Gasteiger partial charge in [0.05, 0.1) is 19.8 Å². The summed E-state index contributed by atoms with van der Waals surface area (Å²) in [6.07, 6.45) is 0. The van der Waals surface area contributed by atoms with Gasteiger partial charge in [-0.25, -0.2) is 0 Å². The molecule has 128 valence electrons. The summed E-state index contributed by atoms with van der Waals surface area (Å²) in [5.41, 5.74) is 8.36. The maximum Gasteiger partial charge on any atom is 0.271 e. The van der Waals surface area contributed by atoms with Crippen molar-refractivity contribution < 1.29 is 14.6 Å². The molecule has 0 radical (unpaired) electrons. The Bertz CT molecular complexity index is 515. The molecule has 0 heterocycles. The molecule has 1 rings (SSSR count). The lowest BCUT2D eigenvalue weighted by Gasteiger charge is -2.14. The van der Waals surface area contributed by atoms with Crippen molar-refractivity contribution in [2.75, 3.05) is 33.4 Å². The van der Waals surface area contributed by atoms with Crippen LogP contribution in [-0.2, 0) is 16.1 Å². The number of carbonyl (C=O) groups is 1. The van der Waals surface area contributed by atoms with Crippen molar-refractivity contribution in [3.8, 4) is 0 Å². The average Bonchev–Trinajstić information content (AvgIpc) is 2.56. The van der Waals surface area contributed by atoms with Crippen LogP contribution in [0, 0.1) is 6.92 Å². The summed E-state index contributed by atoms with van der Waals surface area (Å²) < 4.78 is 5.09. The van der Waals surface area contributed by atoms with Crippen LogP contribution < -0.4 is 21.7 Å². The Morgan fingerprint density at radius 2 is 1.91 bits per heavy atom. The minimum absolute atomic E-state index is 0.0378. The molecule has 23 heavy (non-hydrogen) atoms. The maximum atomic E-state index is 12.2. The van der Waals surface area contributed by atoms with E-state index >= 15 is 0 Å². The SMILES string of the molecule is CN/C(N)=C(/NCc1ccc(C)cc1)C(=O)NCCOCCO. The minimum Gasteiger partial charge on any atom is -0.394 e. The first kappa shape index (κ1) is 18.8. The molecule has 0 saturated carbocycles. The van der Waals surface area contributed by atoms with Crippen molar-refractivity contribution in [2.45, 2.75) is 13.5 Å². The van der Waals surface area contributed by atoms with E-state index in [0.29, 0.717) is 19.7 Å². The van der Waals surface area contributed by atoms with Crippen molar-refractivity contribution in [3.05, 3.63) is 46.9 Å². The van der Waals surface area contributed by atoms with Crippen molar-refractivity contribution in [2.24, 2.45) is 5.73 Å². The van der Waals surface area contributed by atoms with Crippen molar-refractivity contribution in [3.63, 3.8) is 0 Å². The van der Waals surface area contributed by atoms with Gasteiger partial charge in [-0.1, -0.05) is 29.8 Å². The van der Waals surface area contributed by atoms with E-state index in [4.69, 9.17) is 15.6 Å². The highest BCUT2D eigenvalue weighted by Crippen LogP contribution is 2.04. The number of hydrogen-bond donors (Lipinski definition) is 5. The van der Waals surface area contributed by atoms with Gasteiger partial charge in [0, 0.05) is 20.1 Å². The molecule has 0 fully saturated rings. The van der Waals surface area contributed by atoms with Gasteiger partial charge >= 0.3 is 0 Å². The van der Waals surface area contributed by atoms with Crippen molar-refractivity contribution >= 4 is 5.91 Å². The molecular formula is C16H26N4O3. The van der Waals surface area contributed by atoms with E-state index in [0.717, 1.165) is 5.56 Å².